The molecule has 0 radical (unpaired) electrons. The van der Waals surface area contributed by atoms with Gasteiger partial charge in [0.05, 0.1) is 16.8 Å². The van der Waals surface area contributed by atoms with Crippen LogP contribution in [0.1, 0.15) is 11.1 Å². The van der Waals surface area contributed by atoms with E-state index < -0.39 is 32.5 Å². The first kappa shape index (κ1) is 24.3. The van der Waals surface area contributed by atoms with E-state index >= 15 is 0 Å². The summed E-state index contributed by atoms with van der Waals surface area (Å²) in [7, 11) is -7.50. The summed E-state index contributed by atoms with van der Waals surface area (Å²) >= 11 is 0. The molecule has 0 saturated heterocycles. The molecule has 0 unspecified atom stereocenters. The van der Waals surface area contributed by atoms with Gasteiger partial charge in [-0.05, 0) is 73.5 Å². The molecular weight excluding hydrogens is 462 g/mol. The van der Waals surface area contributed by atoms with Crippen LogP contribution < -0.4 is 14.3 Å². The van der Waals surface area contributed by atoms with Gasteiger partial charge < -0.3 is 5.32 Å². The Kier molecular flexibility index (Phi) is 7.09. The van der Waals surface area contributed by atoms with Crippen molar-refractivity contribution in [2.45, 2.75) is 18.7 Å². The van der Waals surface area contributed by atoms with Crippen molar-refractivity contribution in [1.29, 1.82) is 0 Å². The second-order valence-corrected chi connectivity index (χ2v) is 11.2. The molecular formula is C23H25N3O5S2. The number of hydrogen-bond acceptors (Lipinski definition) is 5. The Labute approximate surface area is 194 Å². The van der Waals surface area contributed by atoms with E-state index in [0.717, 1.165) is 21.7 Å². The van der Waals surface area contributed by atoms with Crippen molar-refractivity contribution in [2.75, 3.05) is 27.1 Å². The van der Waals surface area contributed by atoms with Gasteiger partial charge in [-0.1, -0.05) is 24.3 Å². The summed E-state index contributed by atoms with van der Waals surface area (Å²) in [5, 5.41) is 2.61. The maximum Gasteiger partial charge on any atom is 0.261 e. The van der Waals surface area contributed by atoms with Crippen LogP contribution in [-0.4, -0.2) is 35.5 Å². The van der Waals surface area contributed by atoms with Crippen molar-refractivity contribution < 1.29 is 21.6 Å². The molecule has 174 valence electrons. The van der Waals surface area contributed by atoms with E-state index in [4.69, 9.17) is 0 Å². The maximum absolute atomic E-state index is 12.6. The SMILES string of the molecule is Cc1cc(C)cc(N(CC(=O)Nc2ccc(S(=O)(=O)Nc3ccccc3)cc2)S(C)(=O)=O)c1. The number of anilines is 3. The Balaban J connectivity index is 1.73. The summed E-state index contributed by atoms with van der Waals surface area (Å²) < 4.78 is 53.2. The molecule has 0 aliphatic heterocycles. The second-order valence-electron chi connectivity index (χ2n) is 7.66. The van der Waals surface area contributed by atoms with Crippen molar-refractivity contribution >= 4 is 43.0 Å². The van der Waals surface area contributed by atoms with E-state index in [1.807, 2.05) is 19.9 Å². The highest BCUT2D eigenvalue weighted by atomic mass is 32.2. The first-order valence-corrected chi connectivity index (χ1v) is 13.3. The average molecular weight is 488 g/mol. The second kappa shape index (κ2) is 9.63. The van der Waals surface area contributed by atoms with Crippen LogP contribution in [0.25, 0.3) is 0 Å². The van der Waals surface area contributed by atoms with E-state index in [2.05, 4.69) is 10.0 Å². The number of rotatable bonds is 8. The Hall–Kier alpha value is -3.37. The monoisotopic (exact) mass is 487 g/mol. The molecule has 33 heavy (non-hydrogen) atoms. The largest absolute Gasteiger partial charge is 0.325 e. The lowest BCUT2D eigenvalue weighted by Crippen LogP contribution is -2.37. The number of hydrogen-bond donors (Lipinski definition) is 2. The predicted molar refractivity (Wildman–Crippen MR) is 130 cm³/mol. The molecule has 0 saturated carbocycles. The van der Waals surface area contributed by atoms with Crippen molar-refractivity contribution in [2.24, 2.45) is 0 Å². The number of nitrogens with zero attached hydrogens (tertiary/aromatic N) is 1. The fraction of sp³-hybridized carbons (Fsp3) is 0.174. The van der Waals surface area contributed by atoms with Gasteiger partial charge in [-0.25, -0.2) is 16.8 Å². The zero-order valence-corrected chi connectivity index (χ0v) is 20.1. The Morgan fingerprint density at radius 1 is 0.818 bits per heavy atom. The molecule has 3 rings (SSSR count). The van der Waals surface area contributed by atoms with Crippen LogP contribution in [-0.2, 0) is 24.8 Å². The van der Waals surface area contributed by atoms with Crippen LogP contribution in [0.2, 0.25) is 0 Å². The summed E-state index contributed by atoms with van der Waals surface area (Å²) in [5.41, 5.74) is 2.92. The normalized spacial score (nSPS) is 11.6. The summed E-state index contributed by atoms with van der Waals surface area (Å²) in [6, 6.07) is 19.4. The molecule has 0 aliphatic carbocycles. The minimum Gasteiger partial charge on any atom is -0.325 e. The van der Waals surface area contributed by atoms with E-state index in [0.29, 0.717) is 17.1 Å². The minimum absolute atomic E-state index is 0.0253. The smallest absolute Gasteiger partial charge is 0.261 e. The van der Waals surface area contributed by atoms with E-state index in [9.17, 15) is 21.6 Å². The molecule has 0 bridgehead atoms. The third kappa shape index (κ3) is 6.56. The zero-order chi connectivity index (χ0) is 24.2. The van der Waals surface area contributed by atoms with Crippen LogP contribution >= 0.6 is 0 Å². The van der Waals surface area contributed by atoms with Gasteiger partial charge in [0.15, 0.2) is 0 Å². The predicted octanol–water partition coefficient (Wildman–Crippen LogP) is 3.51. The molecule has 0 spiro atoms. The number of para-hydroxylation sites is 1. The molecule has 0 heterocycles. The fourth-order valence-corrected chi connectivity index (χ4v) is 5.16. The zero-order valence-electron chi connectivity index (χ0n) is 18.4. The Morgan fingerprint density at radius 2 is 1.39 bits per heavy atom. The lowest BCUT2D eigenvalue weighted by Gasteiger charge is -2.23. The molecule has 0 atom stereocenters. The quantitative estimate of drug-likeness (QED) is 0.505. The highest BCUT2D eigenvalue weighted by Crippen LogP contribution is 2.22. The van der Waals surface area contributed by atoms with Gasteiger partial charge in [0.1, 0.15) is 6.54 Å². The molecule has 3 aromatic carbocycles. The lowest BCUT2D eigenvalue weighted by molar-refractivity contribution is -0.114. The number of carbonyl (C=O) groups is 1. The number of sulfonamides is 2. The summed E-state index contributed by atoms with van der Waals surface area (Å²) in [6.07, 6.45) is 1.04. The lowest BCUT2D eigenvalue weighted by atomic mass is 10.1. The van der Waals surface area contributed by atoms with Crippen LogP contribution in [0, 0.1) is 13.8 Å². The summed E-state index contributed by atoms with van der Waals surface area (Å²) in [4.78, 5) is 12.6. The first-order valence-electron chi connectivity index (χ1n) is 9.98. The standard InChI is InChI=1S/C23H25N3O5S2/c1-17-13-18(2)15-21(14-17)26(32(3,28)29)16-23(27)24-19-9-11-22(12-10-19)33(30,31)25-20-7-5-4-6-8-20/h4-15,25H,16H2,1-3H3,(H,24,27). The van der Waals surface area contributed by atoms with Gasteiger partial charge in [0.2, 0.25) is 15.9 Å². The summed E-state index contributed by atoms with van der Waals surface area (Å²) in [5.74, 6) is -0.558. The summed E-state index contributed by atoms with van der Waals surface area (Å²) in [6.45, 7) is 3.27. The van der Waals surface area contributed by atoms with E-state index in [1.165, 1.54) is 24.3 Å². The van der Waals surface area contributed by atoms with E-state index in [-0.39, 0.29) is 4.90 Å². The molecule has 0 aliphatic rings. The topological polar surface area (TPSA) is 113 Å². The van der Waals surface area contributed by atoms with Gasteiger partial charge >= 0.3 is 0 Å². The molecule has 8 nitrogen and oxygen atoms in total. The van der Waals surface area contributed by atoms with Crippen LogP contribution in [0.3, 0.4) is 0 Å². The van der Waals surface area contributed by atoms with Crippen molar-refractivity contribution in [3.63, 3.8) is 0 Å². The molecule has 3 aromatic rings. The van der Waals surface area contributed by atoms with E-state index in [1.54, 1.807) is 42.5 Å². The van der Waals surface area contributed by atoms with Crippen molar-refractivity contribution in [3.8, 4) is 0 Å². The molecule has 2 N–H and O–H groups in total. The highest BCUT2D eigenvalue weighted by Gasteiger charge is 2.22. The average Bonchev–Trinajstić information content (AvgIpc) is 2.71. The van der Waals surface area contributed by atoms with Gasteiger partial charge in [-0.2, -0.15) is 0 Å². The molecule has 0 aromatic heterocycles. The van der Waals surface area contributed by atoms with Gasteiger partial charge in [0.25, 0.3) is 10.0 Å². The van der Waals surface area contributed by atoms with Crippen LogP contribution in [0.4, 0.5) is 17.1 Å². The van der Waals surface area contributed by atoms with Crippen LogP contribution in [0.15, 0.2) is 77.7 Å². The third-order valence-corrected chi connectivity index (χ3v) is 7.19. The number of amides is 1. The van der Waals surface area contributed by atoms with Crippen molar-refractivity contribution in [1.82, 2.24) is 0 Å². The number of carbonyl (C=O) groups excluding carboxylic acids is 1. The molecule has 1 amide bonds. The first-order chi connectivity index (χ1) is 15.4. The number of benzene rings is 3. The molecule has 0 fully saturated rings. The Bertz CT molecular complexity index is 1330. The fourth-order valence-electron chi connectivity index (χ4n) is 3.26. The number of nitrogens with one attached hydrogen (secondary N) is 2. The van der Waals surface area contributed by atoms with Crippen molar-refractivity contribution in [3.05, 3.63) is 83.9 Å². The van der Waals surface area contributed by atoms with Gasteiger partial charge in [0, 0.05) is 11.4 Å². The highest BCUT2D eigenvalue weighted by molar-refractivity contribution is 7.92. The number of aryl methyl sites for hydroxylation is 2. The van der Waals surface area contributed by atoms with Gasteiger partial charge in [-0.15, -0.1) is 0 Å². The third-order valence-electron chi connectivity index (χ3n) is 4.66. The van der Waals surface area contributed by atoms with Gasteiger partial charge in [-0.3, -0.25) is 13.8 Å². The van der Waals surface area contributed by atoms with Crippen LogP contribution in [0.5, 0.6) is 0 Å². The maximum atomic E-state index is 12.6. The Morgan fingerprint density at radius 3 is 1.94 bits per heavy atom. The minimum atomic E-state index is -3.79. The molecule has 10 heteroatoms.